The fourth-order valence-corrected chi connectivity index (χ4v) is 4.50. The number of benzene rings is 3. The Bertz CT molecular complexity index is 1350. The minimum Gasteiger partial charge on any atom is -0.319 e. The molecule has 166 valence electrons. The Morgan fingerprint density at radius 3 is 2.61 bits per heavy atom. The maximum atomic E-state index is 13.3. The molecule has 2 aliphatic heterocycles. The fraction of sp³-hybridized carbons (Fsp3) is 0.208. The smallest absolute Gasteiger partial charge is 0.319 e. The Kier molecular flexibility index (Phi) is 4.63. The molecule has 2 aliphatic rings. The number of nitro benzene ring substituents is 1. The second-order valence-electron chi connectivity index (χ2n) is 8.37. The van der Waals surface area contributed by atoms with E-state index >= 15 is 0 Å². The number of nitro groups is 1. The van der Waals surface area contributed by atoms with Gasteiger partial charge in [-0.05, 0) is 41.3 Å². The first-order valence-corrected chi connectivity index (χ1v) is 10.5. The Balaban J connectivity index is 1.39. The van der Waals surface area contributed by atoms with E-state index in [1.807, 2.05) is 36.4 Å². The van der Waals surface area contributed by atoms with Crippen molar-refractivity contribution >= 4 is 40.0 Å². The minimum absolute atomic E-state index is 0.118. The molecular formula is C24H20N4O5. The molecule has 1 unspecified atom stereocenters. The lowest BCUT2D eigenvalue weighted by atomic mass is 9.90. The molecule has 0 spiro atoms. The summed E-state index contributed by atoms with van der Waals surface area (Å²) < 4.78 is 0. The molecule has 1 fully saturated rings. The van der Waals surface area contributed by atoms with Gasteiger partial charge in [-0.25, -0.2) is 4.79 Å². The zero-order chi connectivity index (χ0) is 23.3. The van der Waals surface area contributed by atoms with E-state index in [-0.39, 0.29) is 5.69 Å². The van der Waals surface area contributed by atoms with Crippen LogP contribution >= 0.6 is 0 Å². The molecule has 9 nitrogen and oxygen atoms in total. The van der Waals surface area contributed by atoms with E-state index < -0.39 is 34.9 Å². The number of amides is 4. The number of urea groups is 1. The van der Waals surface area contributed by atoms with Crippen LogP contribution in [0.5, 0.6) is 0 Å². The van der Waals surface area contributed by atoms with Gasteiger partial charge in [-0.15, -0.1) is 0 Å². The highest BCUT2D eigenvalue weighted by molar-refractivity contribution is 6.11. The number of non-ortho nitro benzene ring substituents is 1. The zero-order valence-electron chi connectivity index (χ0n) is 17.8. The lowest BCUT2D eigenvalue weighted by Gasteiger charge is -2.23. The Morgan fingerprint density at radius 2 is 1.85 bits per heavy atom. The first-order valence-electron chi connectivity index (χ1n) is 10.5. The van der Waals surface area contributed by atoms with Gasteiger partial charge in [0.2, 0.25) is 5.91 Å². The first-order chi connectivity index (χ1) is 15.8. The average Bonchev–Trinajstić information content (AvgIpc) is 3.33. The number of nitrogens with one attached hydrogen (secondary N) is 1. The van der Waals surface area contributed by atoms with Crippen LogP contribution in [0.3, 0.4) is 0 Å². The standard InChI is InChI=1S/C24H20N4O5/c1-24(18-8-6-15-4-2-3-5-17(15)12-18)22(30)27(23(31)25-24)14-21(29)26-11-10-16-7-9-19(28(32)33)13-20(16)26/h2-9,12-13H,10-11,14H2,1H3,(H,25,31). The van der Waals surface area contributed by atoms with Crippen molar-refractivity contribution in [3.8, 4) is 0 Å². The third-order valence-electron chi connectivity index (χ3n) is 6.37. The van der Waals surface area contributed by atoms with E-state index in [4.69, 9.17) is 0 Å². The van der Waals surface area contributed by atoms with Gasteiger partial charge in [-0.1, -0.05) is 42.5 Å². The van der Waals surface area contributed by atoms with Gasteiger partial charge in [0, 0.05) is 18.7 Å². The predicted molar refractivity (Wildman–Crippen MR) is 121 cm³/mol. The number of nitrogens with zero attached hydrogens (tertiary/aromatic N) is 3. The molecule has 1 saturated heterocycles. The predicted octanol–water partition coefficient (Wildman–Crippen LogP) is 3.10. The Morgan fingerprint density at radius 1 is 1.09 bits per heavy atom. The SMILES string of the molecule is CC1(c2ccc3ccccc3c2)NC(=O)N(CC(=O)N2CCc3ccc([N+](=O)[O-])cc32)C1=O. The first kappa shape index (κ1) is 20.6. The number of carbonyl (C=O) groups is 3. The van der Waals surface area contributed by atoms with E-state index in [9.17, 15) is 24.5 Å². The lowest BCUT2D eigenvalue weighted by molar-refractivity contribution is -0.384. The van der Waals surface area contributed by atoms with Crippen molar-refractivity contribution < 1.29 is 19.3 Å². The molecule has 2 heterocycles. The van der Waals surface area contributed by atoms with Crippen molar-refractivity contribution in [3.05, 3.63) is 81.9 Å². The molecule has 0 radical (unpaired) electrons. The molecule has 5 rings (SSSR count). The highest BCUT2D eigenvalue weighted by Gasteiger charge is 2.50. The third kappa shape index (κ3) is 3.29. The van der Waals surface area contributed by atoms with Gasteiger partial charge in [0.1, 0.15) is 12.1 Å². The topological polar surface area (TPSA) is 113 Å². The van der Waals surface area contributed by atoms with Crippen molar-refractivity contribution in [2.24, 2.45) is 0 Å². The van der Waals surface area contributed by atoms with Gasteiger partial charge in [0.25, 0.3) is 11.6 Å². The summed E-state index contributed by atoms with van der Waals surface area (Å²) in [5.74, 6) is -0.991. The van der Waals surface area contributed by atoms with Crippen molar-refractivity contribution in [2.75, 3.05) is 18.0 Å². The molecular weight excluding hydrogens is 424 g/mol. The molecule has 3 aromatic carbocycles. The molecule has 1 atom stereocenters. The molecule has 9 heteroatoms. The summed E-state index contributed by atoms with van der Waals surface area (Å²) >= 11 is 0. The van der Waals surface area contributed by atoms with Gasteiger partial charge in [-0.3, -0.25) is 24.6 Å². The van der Waals surface area contributed by atoms with E-state index in [0.717, 1.165) is 21.2 Å². The number of rotatable bonds is 4. The zero-order valence-corrected chi connectivity index (χ0v) is 17.8. The molecule has 0 aliphatic carbocycles. The van der Waals surface area contributed by atoms with Crippen LogP contribution in [0.15, 0.2) is 60.7 Å². The van der Waals surface area contributed by atoms with Gasteiger partial charge in [0.05, 0.1) is 10.6 Å². The number of fused-ring (bicyclic) bond motifs is 2. The van der Waals surface area contributed by atoms with Crippen LogP contribution in [0.25, 0.3) is 10.8 Å². The Hall–Kier alpha value is -4.27. The molecule has 1 N–H and O–H groups in total. The summed E-state index contributed by atoms with van der Waals surface area (Å²) in [6.45, 7) is 1.51. The van der Waals surface area contributed by atoms with Crippen molar-refractivity contribution in [2.45, 2.75) is 18.9 Å². The van der Waals surface area contributed by atoms with Crippen LogP contribution in [0, 0.1) is 10.1 Å². The van der Waals surface area contributed by atoms with Crippen molar-refractivity contribution in [1.82, 2.24) is 10.2 Å². The number of imide groups is 1. The van der Waals surface area contributed by atoms with Gasteiger partial charge in [-0.2, -0.15) is 0 Å². The maximum absolute atomic E-state index is 13.3. The molecule has 0 aromatic heterocycles. The summed E-state index contributed by atoms with van der Waals surface area (Å²) in [7, 11) is 0. The lowest BCUT2D eigenvalue weighted by Crippen LogP contribution is -2.44. The number of hydrogen-bond donors (Lipinski definition) is 1. The second kappa shape index (κ2) is 7.40. The van der Waals surface area contributed by atoms with Gasteiger partial charge >= 0.3 is 6.03 Å². The number of hydrogen-bond acceptors (Lipinski definition) is 5. The van der Waals surface area contributed by atoms with Crippen LogP contribution in [-0.2, 0) is 21.5 Å². The summed E-state index contributed by atoms with van der Waals surface area (Å²) in [4.78, 5) is 52.0. The normalized spacial score (nSPS) is 19.7. The molecule has 0 bridgehead atoms. The van der Waals surface area contributed by atoms with Crippen molar-refractivity contribution in [1.29, 1.82) is 0 Å². The van der Waals surface area contributed by atoms with Gasteiger partial charge in [0.15, 0.2) is 0 Å². The summed E-state index contributed by atoms with van der Waals surface area (Å²) in [5.41, 5.74) is 0.456. The average molecular weight is 444 g/mol. The highest BCUT2D eigenvalue weighted by Crippen LogP contribution is 2.34. The van der Waals surface area contributed by atoms with E-state index in [2.05, 4.69) is 5.32 Å². The van der Waals surface area contributed by atoms with Crippen LogP contribution in [0.1, 0.15) is 18.1 Å². The summed E-state index contributed by atoms with van der Waals surface area (Å²) in [5, 5.41) is 15.8. The maximum Gasteiger partial charge on any atom is 0.325 e. The molecule has 4 amide bonds. The van der Waals surface area contributed by atoms with Crippen LogP contribution < -0.4 is 10.2 Å². The van der Waals surface area contributed by atoms with Crippen molar-refractivity contribution in [3.63, 3.8) is 0 Å². The number of carbonyl (C=O) groups excluding carboxylic acids is 3. The van der Waals surface area contributed by atoms with E-state index in [1.165, 1.54) is 17.0 Å². The van der Waals surface area contributed by atoms with Crippen LogP contribution in [0.4, 0.5) is 16.2 Å². The molecule has 33 heavy (non-hydrogen) atoms. The fourth-order valence-electron chi connectivity index (χ4n) is 4.50. The third-order valence-corrected chi connectivity index (χ3v) is 6.37. The van der Waals surface area contributed by atoms with Crippen LogP contribution in [-0.4, -0.2) is 40.8 Å². The minimum atomic E-state index is -1.30. The highest BCUT2D eigenvalue weighted by atomic mass is 16.6. The van der Waals surface area contributed by atoms with Crippen LogP contribution in [0.2, 0.25) is 0 Å². The Labute approximate surface area is 188 Å². The van der Waals surface area contributed by atoms with E-state index in [1.54, 1.807) is 19.1 Å². The monoisotopic (exact) mass is 444 g/mol. The second-order valence-corrected chi connectivity index (χ2v) is 8.37. The molecule has 3 aromatic rings. The number of anilines is 1. The largest absolute Gasteiger partial charge is 0.325 e. The van der Waals surface area contributed by atoms with Gasteiger partial charge < -0.3 is 10.2 Å². The summed E-state index contributed by atoms with van der Waals surface area (Å²) in [6.07, 6.45) is 0.550. The quantitative estimate of drug-likeness (QED) is 0.377. The molecule has 0 saturated carbocycles. The summed E-state index contributed by atoms with van der Waals surface area (Å²) in [6, 6.07) is 17.0. The van der Waals surface area contributed by atoms with E-state index in [0.29, 0.717) is 24.2 Å².